The van der Waals surface area contributed by atoms with E-state index < -0.39 is 0 Å². The fraction of sp³-hybridized carbons (Fsp3) is 0.545. The van der Waals surface area contributed by atoms with Crippen LogP contribution >= 0.6 is 11.3 Å². The molecule has 0 aliphatic carbocycles. The predicted molar refractivity (Wildman–Crippen MR) is 65.2 cm³/mol. The summed E-state index contributed by atoms with van der Waals surface area (Å²) < 4.78 is 0. The van der Waals surface area contributed by atoms with Crippen LogP contribution in [0.2, 0.25) is 0 Å². The highest BCUT2D eigenvalue weighted by Crippen LogP contribution is 2.21. The van der Waals surface area contributed by atoms with Crippen molar-refractivity contribution in [2.75, 3.05) is 11.9 Å². The molecule has 0 fully saturated rings. The van der Waals surface area contributed by atoms with Gasteiger partial charge in [0.15, 0.2) is 0 Å². The molecule has 3 nitrogen and oxygen atoms in total. The molecule has 0 unspecified atom stereocenters. The Labute approximate surface area is 94.9 Å². The Morgan fingerprint density at radius 3 is 2.73 bits per heavy atom. The van der Waals surface area contributed by atoms with Crippen molar-refractivity contribution in [3.63, 3.8) is 0 Å². The van der Waals surface area contributed by atoms with E-state index in [9.17, 15) is 4.79 Å². The van der Waals surface area contributed by atoms with Crippen LogP contribution in [0.1, 0.15) is 26.7 Å². The smallest absolute Gasteiger partial charge is 0.227 e. The Bertz CT molecular complexity index is 314. The van der Waals surface area contributed by atoms with Gasteiger partial charge in [0.25, 0.3) is 0 Å². The molecule has 15 heavy (non-hydrogen) atoms. The van der Waals surface area contributed by atoms with Gasteiger partial charge in [0.2, 0.25) is 5.91 Å². The van der Waals surface area contributed by atoms with Crippen LogP contribution in [0.3, 0.4) is 0 Å². The number of thiophene rings is 1. The van der Waals surface area contributed by atoms with Gasteiger partial charge in [-0.25, -0.2) is 0 Å². The van der Waals surface area contributed by atoms with Crippen LogP contribution in [0, 0.1) is 0 Å². The minimum atomic E-state index is -0.272. The maximum absolute atomic E-state index is 11.8. The molecule has 0 spiro atoms. The van der Waals surface area contributed by atoms with Gasteiger partial charge >= 0.3 is 0 Å². The monoisotopic (exact) mass is 226 g/mol. The van der Waals surface area contributed by atoms with Gasteiger partial charge in [-0.15, -0.1) is 11.3 Å². The Balaban J connectivity index is 2.48. The molecular formula is C11H18N2OS. The molecule has 0 atom stereocenters. The number of hydrogen-bond acceptors (Lipinski definition) is 3. The molecule has 1 amide bonds. The van der Waals surface area contributed by atoms with Crippen LogP contribution < -0.4 is 10.6 Å². The molecule has 0 aliphatic rings. The molecule has 0 saturated heterocycles. The third-order valence-electron chi connectivity index (χ3n) is 2.19. The number of rotatable bonds is 4. The molecule has 1 heterocycles. The van der Waals surface area contributed by atoms with E-state index in [0.29, 0.717) is 12.8 Å². The molecule has 0 aromatic carbocycles. The van der Waals surface area contributed by atoms with Gasteiger partial charge in [-0.2, -0.15) is 0 Å². The van der Waals surface area contributed by atoms with E-state index in [1.165, 1.54) is 0 Å². The van der Waals surface area contributed by atoms with Crippen LogP contribution in [-0.4, -0.2) is 18.5 Å². The summed E-state index contributed by atoms with van der Waals surface area (Å²) in [6, 6.07) is 3.88. The highest BCUT2D eigenvalue weighted by atomic mass is 32.1. The standard InChI is InChI=1S/C11H18N2OS/c1-11(2,12)7-6-9(14)13(3)10-5-4-8-15-10/h4-5,8H,6-7,12H2,1-3H3. The van der Waals surface area contributed by atoms with Gasteiger partial charge in [0.1, 0.15) is 0 Å². The maximum Gasteiger partial charge on any atom is 0.227 e. The molecule has 0 radical (unpaired) electrons. The lowest BCUT2D eigenvalue weighted by Crippen LogP contribution is -2.34. The van der Waals surface area contributed by atoms with Crippen molar-refractivity contribution >= 4 is 22.2 Å². The van der Waals surface area contributed by atoms with Crippen LogP contribution in [0.25, 0.3) is 0 Å². The summed E-state index contributed by atoms with van der Waals surface area (Å²) in [4.78, 5) is 13.5. The van der Waals surface area contributed by atoms with Gasteiger partial charge in [0, 0.05) is 19.0 Å². The van der Waals surface area contributed by atoms with Crippen LogP contribution in [0.15, 0.2) is 17.5 Å². The van der Waals surface area contributed by atoms with Gasteiger partial charge in [0.05, 0.1) is 5.00 Å². The topological polar surface area (TPSA) is 46.3 Å². The Kier molecular flexibility index (Phi) is 3.88. The molecule has 2 N–H and O–H groups in total. The van der Waals surface area contributed by atoms with E-state index in [1.807, 2.05) is 31.4 Å². The fourth-order valence-electron chi connectivity index (χ4n) is 1.18. The summed E-state index contributed by atoms with van der Waals surface area (Å²) in [5.41, 5.74) is 5.56. The van der Waals surface area contributed by atoms with Gasteiger partial charge in [-0.1, -0.05) is 0 Å². The summed E-state index contributed by atoms with van der Waals surface area (Å²) in [5.74, 6) is 0.121. The number of carbonyl (C=O) groups is 1. The minimum Gasteiger partial charge on any atom is -0.326 e. The molecule has 1 aromatic rings. The number of nitrogens with two attached hydrogens (primary N) is 1. The van der Waals surface area contributed by atoms with E-state index in [-0.39, 0.29) is 11.4 Å². The number of anilines is 1. The third-order valence-corrected chi connectivity index (χ3v) is 3.14. The number of carbonyl (C=O) groups excluding carboxylic acids is 1. The Morgan fingerprint density at radius 2 is 2.27 bits per heavy atom. The quantitative estimate of drug-likeness (QED) is 0.855. The van der Waals surface area contributed by atoms with E-state index in [2.05, 4.69) is 0 Å². The van der Waals surface area contributed by atoms with Crippen molar-refractivity contribution < 1.29 is 4.79 Å². The van der Waals surface area contributed by atoms with Crippen molar-refractivity contribution in [3.8, 4) is 0 Å². The lowest BCUT2D eigenvalue weighted by atomic mass is 10.00. The first kappa shape index (κ1) is 12.2. The van der Waals surface area contributed by atoms with E-state index in [4.69, 9.17) is 5.73 Å². The first-order valence-electron chi connectivity index (χ1n) is 4.99. The highest BCUT2D eigenvalue weighted by Gasteiger charge is 2.16. The Hall–Kier alpha value is -0.870. The summed E-state index contributed by atoms with van der Waals surface area (Å²) >= 11 is 1.57. The molecular weight excluding hydrogens is 208 g/mol. The molecule has 0 saturated carbocycles. The molecule has 0 bridgehead atoms. The van der Waals surface area contributed by atoms with Crippen molar-refractivity contribution in [2.45, 2.75) is 32.2 Å². The number of hydrogen-bond donors (Lipinski definition) is 1. The second kappa shape index (κ2) is 4.77. The number of amides is 1. The molecule has 4 heteroatoms. The van der Waals surface area contributed by atoms with Gasteiger partial charge in [-0.05, 0) is 37.8 Å². The van der Waals surface area contributed by atoms with Crippen LogP contribution in [0.4, 0.5) is 5.00 Å². The third kappa shape index (κ3) is 4.01. The summed E-state index contributed by atoms with van der Waals surface area (Å²) in [6.07, 6.45) is 1.21. The van der Waals surface area contributed by atoms with Crippen LogP contribution in [-0.2, 0) is 4.79 Å². The summed E-state index contributed by atoms with van der Waals surface area (Å²) in [5, 5.41) is 2.95. The van der Waals surface area contributed by atoms with E-state index in [0.717, 1.165) is 5.00 Å². The predicted octanol–water partition coefficient (Wildman–Crippen LogP) is 2.23. The van der Waals surface area contributed by atoms with E-state index >= 15 is 0 Å². The van der Waals surface area contributed by atoms with E-state index in [1.54, 1.807) is 23.3 Å². The average molecular weight is 226 g/mol. The second-order valence-electron chi connectivity index (χ2n) is 4.39. The summed E-state index contributed by atoms with van der Waals surface area (Å²) in [7, 11) is 1.80. The van der Waals surface area contributed by atoms with Crippen molar-refractivity contribution in [3.05, 3.63) is 17.5 Å². The maximum atomic E-state index is 11.8. The second-order valence-corrected chi connectivity index (χ2v) is 5.32. The molecule has 1 aromatic heterocycles. The van der Waals surface area contributed by atoms with Crippen molar-refractivity contribution in [1.29, 1.82) is 0 Å². The first-order chi connectivity index (χ1) is 6.90. The zero-order valence-electron chi connectivity index (χ0n) is 9.49. The zero-order valence-corrected chi connectivity index (χ0v) is 10.3. The zero-order chi connectivity index (χ0) is 11.5. The van der Waals surface area contributed by atoms with Gasteiger partial charge < -0.3 is 10.6 Å². The highest BCUT2D eigenvalue weighted by molar-refractivity contribution is 7.14. The lowest BCUT2D eigenvalue weighted by molar-refractivity contribution is -0.118. The van der Waals surface area contributed by atoms with Crippen molar-refractivity contribution in [1.82, 2.24) is 0 Å². The summed E-state index contributed by atoms with van der Waals surface area (Å²) in [6.45, 7) is 3.87. The van der Waals surface area contributed by atoms with Crippen LogP contribution in [0.5, 0.6) is 0 Å². The largest absolute Gasteiger partial charge is 0.326 e. The van der Waals surface area contributed by atoms with Crippen molar-refractivity contribution in [2.24, 2.45) is 5.73 Å². The molecule has 1 rings (SSSR count). The lowest BCUT2D eigenvalue weighted by Gasteiger charge is -2.20. The Morgan fingerprint density at radius 1 is 1.60 bits per heavy atom. The molecule has 84 valence electrons. The fourth-order valence-corrected chi connectivity index (χ4v) is 1.89. The SMILES string of the molecule is CN(C(=O)CCC(C)(C)N)c1cccs1. The normalized spacial score (nSPS) is 11.5. The van der Waals surface area contributed by atoms with Gasteiger partial charge in [-0.3, -0.25) is 4.79 Å². The average Bonchev–Trinajstić information content (AvgIpc) is 2.64. The molecule has 0 aliphatic heterocycles. The first-order valence-corrected chi connectivity index (χ1v) is 5.87. The number of nitrogens with zero attached hydrogens (tertiary/aromatic N) is 1. The minimum absolute atomic E-state index is 0.121.